The van der Waals surface area contributed by atoms with Crippen molar-refractivity contribution in [2.75, 3.05) is 25.6 Å². The summed E-state index contributed by atoms with van der Waals surface area (Å²) in [5.74, 6) is 1.17. The van der Waals surface area contributed by atoms with Gasteiger partial charge in [-0.2, -0.15) is 5.10 Å². The first-order valence-electron chi connectivity index (χ1n) is 8.95. The van der Waals surface area contributed by atoms with Gasteiger partial charge in [0.05, 0.1) is 19.4 Å². The quantitative estimate of drug-likeness (QED) is 0.681. The molecule has 1 aromatic heterocycles. The Balaban J connectivity index is 2.15. The van der Waals surface area contributed by atoms with E-state index in [-0.39, 0.29) is 5.91 Å². The van der Waals surface area contributed by atoms with Crippen LogP contribution in [0.4, 0.5) is 5.69 Å². The lowest BCUT2D eigenvalue weighted by Crippen LogP contribution is -2.30. The first-order chi connectivity index (χ1) is 12.6. The van der Waals surface area contributed by atoms with Crippen LogP contribution in [-0.2, 0) is 11.8 Å². The van der Waals surface area contributed by atoms with E-state index in [1.54, 1.807) is 24.0 Å². The number of carbonyl (C=O) groups excluding carboxylic acids is 1. The van der Waals surface area contributed by atoms with Crippen molar-refractivity contribution in [3.63, 3.8) is 0 Å². The molecule has 1 atom stereocenters. The molecule has 0 bridgehead atoms. The van der Waals surface area contributed by atoms with E-state index in [0.29, 0.717) is 30.4 Å². The number of nitrogens with zero attached hydrogens (tertiary/aromatic N) is 2. The second-order valence-corrected chi connectivity index (χ2v) is 6.02. The molecular formula is C19H28N4O3. The van der Waals surface area contributed by atoms with E-state index in [2.05, 4.69) is 22.7 Å². The van der Waals surface area contributed by atoms with Crippen LogP contribution in [0.1, 0.15) is 38.3 Å². The Hall–Kier alpha value is -2.54. The van der Waals surface area contributed by atoms with Gasteiger partial charge in [0.15, 0.2) is 11.5 Å². The minimum absolute atomic E-state index is 0.163. The number of aryl methyl sites for hydroxylation is 1. The van der Waals surface area contributed by atoms with E-state index < -0.39 is 6.04 Å². The molecule has 0 spiro atoms. The fourth-order valence-electron chi connectivity index (χ4n) is 2.49. The number of ether oxygens (including phenoxy) is 2. The largest absolute Gasteiger partial charge is 0.490 e. The fourth-order valence-corrected chi connectivity index (χ4v) is 2.49. The predicted molar refractivity (Wildman–Crippen MR) is 102 cm³/mol. The van der Waals surface area contributed by atoms with E-state index in [1.165, 1.54) is 0 Å². The van der Waals surface area contributed by atoms with Crippen molar-refractivity contribution in [3.05, 3.63) is 36.2 Å². The average Bonchev–Trinajstić information content (AvgIpc) is 3.05. The standard InChI is InChI=1S/C19H28N4O3/c1-5-9-25-16-8-7-15(11-17(16)26-10-6-2)22-19(24)18(20-3)14-12-21-23(4)13-14/h7-8,11-13,18,20H,5-6,9-10H2,1-4H3,(H,22,24). The molecule has 2 N–H and O–H groups in total. The summed E-state index contributed by atoms with van der Waals surface area (Å²) in [5, 5.41) is 10.1. The first kappa shape index (κ1) is 19.8. The lowest BCUT2D eigenvalue weighted by atomic mass is 10.1. The molecule has 142 valence electrons. The van der Waals surface area contributed by atoms with Crippen molar-refractivity contribution >= 4 is 11.6 Å². The summed E-state index contributed by atoms with van der Waals surface area (Å²) in [5.41, 5.74) is 1.46. The second-order valence-electron chi connectivity index (χ2n) is 6.02. The molecule has 26 heavy (non-hydrogen) atoms. The molecule has 0 aliphatic carbocycles. The minimum atomic E-state index is -0.486. The van der Waals surface area contributed by atoms with Gasteiger partial charge in [-0.05, 0) is 32.0 Å². The van der Waals surface area contributed by atoms with Crippen LogP contribution in [0, 0.1) is 0 Å². The molecule has 1 unspecified atom stereocenters. The summed E-state index contributed by atoms with van der Waals surface area (Å²) in [6.07, 6.45) is 5.31. The van der Waals surface area contributed by atoms with Crippen molar-refractivity contribution in [3.8, 4) is 11.5 Å². The lowest BCUT2D eigenvalue weighted by molar-refractivity contribution is -0.118. The van der Waals surface area contributed by atoms with Gasteiger partial charge in [-0.3, -0.25) is 9.48 Å². The monoisotopic (exact) mass is 360 g/mol. The third-order valence-corrected chi connectivity index (χ3v) is 3.74. The molecular weight excluding hydrogens is 332 g/mol. The Kier molecular flexibility index (Phi) is 7.47. The normalized spacial score (nSPS) is 11.8. The van der Waals surface area contributed by atoms with Crippen LogP contribution in [-0.4, -0.2) is 35.9 Å². The molecule has 0 radical (unpaired) electrons. The molecule has 1 heterocycles. The Morgan fingerprint density at radius 3 is 2.46 bits per heavy atom. The molecule has 0 saturated carbocycles. The molecule has 0 aliphatic rings. The van der Waals surface area contributed by atoms with Crippen LogP contribution in [0.15, 0.2) is 30.6 Å². The van der Waals surface area contributed by atoms with Gasteiger partial charge in [0.25, 0.3) is 0 Å². The van der Waals surface area contributed by atoms with Crippen molar-refractivity contribution in [2.24, 2.45) is 7.05 Å². The highest BCUT2D eigenvalue weighted by molar-refractivity contribution is 5.95. The van der Waals surface area contributed by atoms with Crippen LogP contribution in [0.3, 0.4) is 0 Å². The van der Waals surface area contributed by atoms with Crippen molar-refractivity contribution < 1.29 is 14.3 Å². The molecule has 1 amide bonds. The summed E-state index contributed by atoms with van der Waals surface area (Å²) in [6, 6.07) is 4.96. The van der Waals surface area contributed by atoms with Crippen LogP contribution >= 0.6 is 0 Å². The van der Waals surface area contributed by atoms with Gasteiger partial charge in [-0.15, -0.1) is 0 Å². The van der Waals surface area contributed by atoms with Crippen molar-refractivity contribution in [1.82, 2.24) is 15.1 Å². The van der Waals surface area contributed by atoms with Gasteiger partial charge < -0.3 is 20.1 Å². The smallest absolute Gasteiger partial charge is 0.246 e. The second kappa shape index (κ2) is 9.82. The number of likely N-dealkylation sites (N-methyl/N-ethyl adjacent to an activating group) is 1. The highest BCUT2D eigenvalue weighted by Crippen LogP contribution is 2.31. The number of benzene rings is 1. The molecule has 0 fully saturated rings. The average molecular weight is 360 g/mol. The van der Waals surface area contributed by atoms with Crippen LogP contribution in [0.2, 0.25) is 0 Å². The van der Waals surface area contributed by atoms with E-state index >= 15 is 0 Å². The van der Waals surface area contributed by atoms with E-state index in [9.17, 15) is 4.79 Å². The highest BCUT2D eigenvalue weighted by atomic mass is 16.5. The van der Waals surface area contributed by atoms with Gasteiger partial charge in [0, 0.05) is 30.6 Å². The molecule has 0 aliphatic heterocycles. The van der Waals surface area contributed by atoms with Gasteiger partial charge in [0.1, 0.15) is 6.04 Å². The molecule has 2 rings (SSSR count). The van der Waals surface area contributed by atoms with Gasteiger partial charge in [0.2, 0.25) is 5.91 Å². The number of amides is 1. The molecule has 7 nitrogen and oxygen atoms in total. The number of hydrogen-bond donors (Lipinski definition) is 2. The summed E-state index contributed by atoms with van der Waals surface area (Å²) < 4.78 is 13.2. The number of nitrogens with one attached hydrogen (secondary N) is 2. The van der Waals surface area contributed by atoms with E-state index in [0.717, 1.165) is 18.4 Å². The summed E-state index contributed by atoms with van der Waals surface area (Å²) in [4.78, 5) is 12.7. The zero-order chi connectivity index (χ0) is 18.9. The maximum absolute atomic E-state index is 12.7. The maximum atomic E-state index is 12.7. The summed E-state index contributed by atoms with van der Waals surface area (Å²) in [6.45, 7) is 5.31. The van der Waals surface area contributed by atoms with Crippen molar-refractivity contribution in [2.45, 2.75) is 32.7 Å². The fraction of sp³-hybridized carbons (Fsp3) is 0.474. The third kappa shape index (κ3) is 5.23. The number of aromatic nitrogens is 2. The van der Waals surface area contributed by atoms with Gasteiger partial charge >= 0.3 is 0 Å². The topological polar surface area (TPSA) is 77.4 Å². The zero-order valence-corrected chi connectivity index (χ0v) is 15.9. The molecule has 7 heteroatoms. The Labute approximate surface area is 154 Å². The number of carbonyl (C=O) groups is 1. The first-order valence-corrected chi connectivity index (χ1v) is 8.95. The lowest BCUT2D eigenvalue weighted by Gasteiger charge is -2.17. The Bertz CT molecular complexity index is 715. The van der Waals surface area contributed by atoms with E-state index in [1.807, 2.05) is 32.3 Å². The SMILES string of the molecule is CCCOc1ccc(NC(=O)C(NC)c2cnn(C)c2)cc1OCCC. The highest BCUT2D eigenvalue weighted by Gasteiger charge is 2.20. The minimum Gasteiger partial charge on any atom is -0.490 e. The van der Waals surface area contributed by atoms with Crippen LogP contribution < -0.4 is 20.1 Å². The number of anilines is 1. The number of hydrogen-bond acceptors (Lipinski definition) is 5. The number of rotatable bonds is 10. The van der Waals surface area contributed by atoms with Crippen LogP contribution in [0.25, 0.3) is 0 Å². The van der Waals surface area contributed by atoms with Gasteiger partial charge in [-0.25, -0.2) is 0 Å². The molecule has 1 aromatic carbocycles. The predicted octanol–water partition coefficient (Wildman–Crippen LogP) is 2.90. The van der Waals surface area contributed by atoms with Crippen molar-refractivity contribution in [1.29, 1.82) is 0 Å². The van der Waals surface area contributed by atoms with Gasteiger partial charge in [-0.1, -0.05) is 13.8 Å². The maximum Gasteiger partial charge on any atom is 0.246 e. The summed E-state index contributed by atoms with van der Waals surface area (Å²) >= 11 is 0. The third-order valence-electron chi connectivity index (χ3n) is 3.74. The van der Waals surface area contributed by atoms with Crippen LogP contribution in [0.5, 0.6) is 11.5 Å². The summed E-state index contributed by atoms with van der Waals surface area (Å²) in [7, 11) is 3.56. The zero-order valence-electron chi connectivity index (χ0n) is 15.9. The molecule has 0 saturated heterocycles. The van der Waals surface area contributed by atoms with E-state index in [4.69, 9.17) is 9.47 Å². The Morgan fingerprint density at radius 1 is 1.19 bits per heavy atom. The Morgan fingerprint density at radius 2 is 1.88 bits per heavy atom. The molecule has 2 aromatic rings.